The van der Waals surface area contributed by atoms with Crippen LogP contribution in [0.2, 0.25) is 0 Å². The molecule has 0 bridgehead atoms. The minimum atomic E-state index is 0.0384. The van der Waals surface area contributed by atoms with Crippen LogP contribution in [-0.2, 0) is 16.0 Å². The first-order chi connectivity index (χ1) is 9.74. The minimum absolute atomic E-state index is 0.0384. The highest BCUT2D eigenvalue weighted by molar-refractivity contribution is 5.78. The third-order valence-corrected chi connectivity index (χ3v) is 3.52. The molecule has 1 atom stereocenters. The summed E-state index contributed by atoms with van der Waals surface area (Å²) < 4.78 is 11.4. The van der Waals surface area contributed by atoms with Gasteiger partial charge in [0, 0.05) is 19.5 Å². The van der Waals surface area contributed by atoms with Gasteiger partial charge in [0.2, 0.25) is 5.91 Å². The van der Waals surface area contributed by atoms with Crippen molar-refractivity contribution in [1.82, 2.24) is 10.2 Å². The van der Waals surface area contributed by atoms with Crippen LogP contribution in [0.15, 0.2) is 16.5 Å². The van der Waals surface area contributed by atoms with E-state index in [9.17, 15) is 4.79 Å². The molecule has 5 heteroatoms. The highest BCUT2D eigenvalue weighted by Gasteiger charge is 2.28. The number of nitrogens with one attached hydrogen (secondary N) is 1. The Kier molecular flexibility index (Phi) is 5.61. The first-order valence-corrected chi connectivity index (χ1v) is 7.41. The lowest BCUT2D eigenvalue weighted by molar-refractivity contribution is -0.124. The molecule has 0 radical (unpaired) electrons. The van der Waals surface area contributed by atoms with Gasteiger partial charge in [0.25, 0.3) is 0 Å². The average Bonchev–Trinajstić information content (AvgIpc) is 2.94. The van der Waals surface area contributed by atoms with Gasteiger partial charge >= 0.3 is 0 Å². The first-order valence-electron chi connectivity index (χ1n) is 7.41. The summed E-state index contributed by atoms with van der Waals surface area (Å²) in [5.74, 6) is 1.94. The van der Waals surface area contributed by atoms with E-state index in [0.717, 1.165) is 37.5 Å². The third kappa shape index (κ3) is 3.84. The topological polar surface area (TPSA) is 54.7 Å². The maximum Gasteiger partial charge on any atom is 0.234 e. The predicted molar refractivity (Wildman–Crippen MR) is 76.5 cm³/mol. The Labute approximate surface area is 120 Å². The molecule has 2 heterocycles. The molecule has 1 N–H and O–H groups in total. The van der Waals surface area contributed by atoms with Crippen LogP contribution in [0.3, 0.4) is 0 Å². The van der Waals surface area contributed by atoms with E-state index in [1.165, 1.54) is 0 Å². The van der Waals surface area contributed by atoms with E-state index in [0.29, 0.717) is 19.8 Å². The fourth-order valence-electron chi connectivity index (χ4n) is 2.36. The Hall–Kier alpha value is -1.33. The minimum Gasteiger partial charge on any atom is -0.464 e. The van der Waals surface area contributed by atoms with Crippen LogP contribution in [0.4, 0.5) is 0 Å². The molecular formula is C15H24N2O3. The van der Waals surface area contributed by atoms with Crippen molar-refractivity contribution in [2.45, 2.75) is 32.7 Å². The molecule has 112 valence electrons. The molecule has 1 saturated heterocycles. The Morgan fingerprint density at radius 2 is 2.30 bits per heavy atom. The van der Waals surface area contributed by atoms with Gasteiger partial charge in [-0.2, -0.15) is 0 Å². The third-order valence-electron chi connectivity index (χ3n) is 3.52. The van der Waals surface area contributed by atoms with Crippen molar-refractivity contribution in [2.75, 3.05) is 32.8 Å². The van der Waals surface area contributed by atoms with Crippen molar-refractivity contribution in [2.24, 2.45) is 0 Å². The van der Waals surface area contributed by atoms with E-state index >= 15 is 0 Å². The number of rotatable bonds is 6. The van der Waals surface area contributed by atoms with Crippen molar-refractivity contribution >= 4 is 5.91 Å². The molecule has 2 rings (SSSR count). The maximum absolute atomic E-state index is 11.9. The number of carbonyl (C=O) groups excluding carboxylic acids is 1. The van der Waals surface area contributed by atoms with Gasteiger partial charge in [-0.1, -0.05) is 13.8 Å². The molecule has 5 nitrogen and oxygen atoms in total. The van der Waals surface area contributed by atoms with Crippen LogP contribution < -0.4 is 5.32 Å². The standard InChI is InChI=1S/C15H24N2O3/c1-3-7-16-15(18)10-17-8-9-19-11-13(17)14-6-5-12(4-2)20-14/h5-6,13H,3-4,7-11H2,1-2H3,(H,16,18). The van der Waals surface area contributed by atoms with Gasteiger partial charge in [0.05, 0.1) is 25.8 Å². The molecule has 1 aliphatic rings. The van der Waals surface area contributed by atoms with Crippen LogP contribution in [0.5, 0.6) is 0 Å². The number of amides is 1. The van der Waals surface area contributed by atoms with E-state index in [2.05, 4.69) is 17.1 Å². The summed E-state index contributed by atoms with van der Waals surface area (Å²) in [5, 5.41) is 2.92. The number of hydrogen-bond donors (Lipinski definition) is 1. The van der Waals surface area contributed by atoms with Crippen LogP contribution in [0, 0.1) is 0 Å². The second-order valence-electron chi connectivity index (χ2n) is 5.07. The molecule has 1 aromatic heterocycles. The summed E-state index contributed by atoms with van der Waals surface area (Å²) in [6, 6.07) is 4.03. The van der Waals surface area contributed by atoms with Gasteiger partial charge in [-0.05, 0) is 18.6 Å². The smallest absolute Gasteiger partial charge is 0.234 e. The Morgan fingerprint density at radius 1 is 1.45 bits per heavy atom. The summed E-state index contributed by atoms with van der Waals surface area (Å²) >= 11 is 0. The van der Waals surface area contributed by atoms with E-state index < -0.39 is 0 Å². The predicted octanol–water partition coefficient (Wildman–Crippen LogP) is 1.74. The summed E-state index contributed by atoms with van der Waals surface area (Å²) in [5.41, 5.74) is 0. The van der Waals surface area contributed by atoms with E-state index in [1.54, 1.807) is 0 Å². The fraction of sp³-hybridized carbons (Fsp3) is 0.667. The zero-order chi connectivity index (χ0) is 14.4. The lowest BCUT2D eigenvalue weighted by Gasteiger charge is -2.33. The van der Waals surface area contributed by atoms with Gasteiger partial charge < -0.3 is 14.5 Å². The molecule has 0 aliphatic carbocycles. The van der Waals surface area contributed by atoms with Crippen LogP contribution in [0.1, 0.15) is 37.8 Å². The van der Waals surface area contributed by atoms with E-state index in [4.69, 9.17) is 9.15 Å². The largest absolute Gasteiger partial charge is 0.464 e. The average molecular weight is 280 g/mol. The number of morpholine rings is 1. The Morgan fingerprint density at radius 3 is 3.00 bits per heavy atom. The van der Waals surface area contributed by atoms with Gasteiger partial charge in [-0.15, -0.1) is 0 Å². The molecule has 1 aromatic rings. The van der Waals surface area contributed by atoms with E-state index in [-0.39, 0.29) is 11.9 Å². The van der Waals surface area contributed by atoms with Crippen LogP contribution in [-0.4, -0.2) is 43.7 Å². The summed E-state index contributed by atoms with van der Waals surface area (Å²) in [7, 11) is 0. The lowest BCUT2D eigenvalue weighted by atomic mass is 10.1. The number of hydrogen-bond acceptors (Lipinski definition) is 4. The summed E-state index contributed by atoms with van der Waals surface area (Å²) in [4.78, 5) is 14.0. The van der Waals surface area contributed by atoms with Gasteiger partial charge in [0.15, 0.2) is 0 Å². The lowest BCUT2D eigenvalue weighted by Crippen LogP contribution is -2.45. The Bertz CT molecular complexity index is 431. The van der Waals surface area contributed by atoms with Crippen LogP contribution in [0.25, 0.3) is 0 Å². The number of furan rings is 1. The maximum atomic E-state index is 11.9. The van der Waals surface area contributed by atoms with Crippen molar-refractivity contribution in [3.63, 3.8) is 0 Å². The number of aryl methyl sites for hydroxylation is 1. The molecule has 20 heavy (non-hydrogen) atoms. The van der Waals surface area contributed by atoms with Crippen molar-refractivity contribution in [3.05, 3.63) is 23.7 Å². The fourth-order valence-corrected chi connectivity index (χ4v) is 2.36. The summed E-state index contributed by atoms with van der Waals surface area (Å²) in [6.07, 6.45) is 1.83. The molecule has 0 saturated carbocycles. The molecule has 0 spiro atoms. The molecular weight excluding hydrogens is 256 g/mol. The zero-order valence-electron chi connectivity index (χ0n) is 12.4. The summed E-state index contributed by atoms with van der Waals surface area (Å²) in [6.45, 7) is 7.25. The quantitative estimate of drug-likeness (QED) is 0.862. The SMILES string of the molecule is CCCNC(=O)CN1CCOCC1c1ccc(CC)o1. The van der Waals surface area contributed by atoms with Crippen molar-refractivity contribution < 1.29 is 13.9 Å². The normalized spacial score (nSPS) is 20.0. The van der Waals surface area contributed by atoms with Crippen LogP contribution >= 0.6 is 0 Å². The molecule has 1 aliphatic heterocycles. The molecule has 1 unspecified atom stereocenters. The van der Waals surface area contributed by atoms with E-state index in [1.807, 2.05) is 19.1 Å². The second kappa shape index (κ2) is 7.45. The van der Waals surface area contributed by atoms with Gasteiger partial charge in [-0.3, -0.25) is 9.69 Å². The molecule has 0 aromatic carbocycles. The highest BCUT2D eigenvalue weighted by atomic mass is 16.5. The Balaban J connectivity index is 1.99. The highest BCUT2D eigenvalue weighted by Crippen LogP contribution is 2.25. The monoisotopic (exact) mass is 280 g/mol. The zero-order valence-corrected chi connectivity index (χ0v) is 12.4. The molecule has 1 fully saturated rings. The van der Waals surface area contributed by atoms with Gasteiger partial charge in [0.1, 0.15) is 11.5 Å². The number of carbonyl (C=O) groups is 1. The first kappa shape index (κ1) is 15.1. The second-order valence-corrected chi connectivity index (χ2v) is 5.07. The van der Waals surface area contributed by atoms with Crippen molar-refractivity contribution in [1.29, 1.82) is 0 Å². The molecule has 1 amide bonds. The number of ether oxygens (including phenoxy) is 1. The van der Waals surface area contributed by atoms with Crippen molar-refractivity contribution in [3.8, 4) is 0 Å². The number of nitrogens with zero attached hydrogens (tertiary/aromatic N) is 1. The van der Waals surface area contributed by atoms with Gasteiger partial charge in [-0.25, -0.2) is 0 Å².